The zero-order chi connectivity index (χ0) is 9.68. The van der Waals surface area contributed by atoms with Gasteiger partial charge in [-0.2, -0.15) is 0 Å². The highest BCUT2D eigenvalue weighted by Crippen LogP contribution is 2.17. The van der Waals surface area contributed by atoms with Gasteiger partial charge in [0.25, 0.3) is 0 Å². The second-order valence-electron chi connectivity index (χ2n) is 3.36. The van der Waals surface area contributed by atoms with Crippen molar-refractivity contribution >= 4 is 12.4 Å². The van der Waals surface area contributed by atoms with Crippen LogP contribution in [0.1, 0.15) is 30.1 Å². The standard InChI is InChI=1S/C11H17NO.ClH/c1-9-4-6-10(7-5-9)11(13)3-2-8-12;/h4-7,11,13H,2-3,8,12H2,1H3;1H. The number of halogens is 1. The lowest BCUT2D eigenvalue weighted by molar-refractivity contribution is 0.165. The maximum Gasteiger partial charge on any atom is 0.0790 e. The van der Waals surface area contributed by atoms with Crippen LogP contribution in [0.2, 0.25) is 0 Å². The minimum Gasteiger partial charge on any atom is -0.388 e. The summed E-state index contributed by atoms with van der Waals surface area (Å²) in [6.07, 6.45) is 1.26. The van der Waals surface area contributed by atoms with E-state index in [0.717, 1.165) is 18.4 Å². The largest absolute Gasteiger partial charge is 0.388 e. The molecule has 0 heterocycles. The van der Waals surface area contributed by atoms with Crippen LogP contribution in [0.25, 0.3) is 0 Å². The van der Waals surface area contributed by atoms with Gasteiger partial charge in [-0.1, -0.05) is 29.8 Å². The number of hydrogen-bond donors (Lipinski definition) is 2. The molecule has 0 saturated heterocycles. The third-order valence-electron chi connectivity index (χ3n) is 2.14. The number of benzene rings is 1. The fraction of sp³-hybridized carbons (Fsp3) is 0.455. The Hall–Kier alpha value is -0.570. The van der Waals surface area contributed by atoms with Gasteiger partial charge in [0, 0.05) is 0 Å². The van der Waals surface area contributed by atoms with Crippen molar-refractivity contribution in [2.75, 3.05) is 6.54 Å². The quantitative estimate of drug-likeness (QED) is 0.809. The summed E-state index contributed by atoms with van der Waals surface area (Å²) in [5, 5.41) is 9.69. The van der Waals surface area contributed by atoms with Gasteiger partial charge in [-0.3, -0.25) is 0 Å². The van der Waals surface area contributed by atoms with Crippen molar-refractivity contribution in [1.29, 1.82) is 0 Å². The summed E-state index contributed by atoms with van der Waals surface area (Å²) in [5.41, 5.74) is 7.57. The highest BCUT2D eigenvalue weighted by molar-refractivity contribution is 5.85. The van der Waals surface area contributed by atoms with Crippen LogP contribution in [0.15, 0.2) is 24.3 Å². The Morgan fingerprint density at radius 2 is 1.86 bits per heavy atom. The van der Waals surface area contributed by atoms with E-state index in [-0.39, 0.29) is 18.5 Å². The molecular formula is C11H18ClNO. The number of aliphatic hydroxyl groups is 1. The molecule has 14 heavy (non-hydrogen) atoms. The van der Waals surface area contributed by atoms with E-state index >= 15 is 0 Å². The topological polar surface area (TPSA) is 46.2 Å². The van der Waals surface area contributed by atoms with Crippen LogP contribution >= 0.6 is 12.4 Å². The summed E-state index contributed by atoms with van der Waals surface area (Å²) < 4.78 is 0. The van der Waals surface area contributed by atoms with Gasteiger partial charge >= 0.3 is 0 Å². The van der Waals surface area contributed by atoms with E-state index in [1.54, 1.807) is 0 Å². The Kier molecular flexibility index (Phi) is 6.54. The van der Waals surface area contributed by atoms with Gasteiger partial charge in [0.2, 0.25) is 0 Å². The minimum atomic E-state index is -0.357. The average molecular weight is 216 g/mol. The van der Waals surface area contributed by atoms with E-state index in [0.29, 0.717) is 6.54 Å². The molecule has 0 bridgehead atoms. The summed E-state index contributed by atoms with van der Waals surface area (Å²) in [7, 11) is 0. The highest BCUT2D eigenvalue weighted by Gasteiger charge is 2.05. The summed E-state index contributed by atoms with van der Waals surface area (Å²) in [6, 6.07) is 7.97. The van der Waals surface area contributed by atoms with Gasteiger partial charge in [0.15, 0.2) is 0 Å². The van der Waals surface area contributed by atoms with E-state index in [2.05, 4.69) is 0 Å². The third kappa shape index (κ3) is 4.09. The van der Waals surface area contributed by atoms with Crippen molar-refractivity contribution < 1.29 is 5.11 Å². The lowest BCUT2D eigenvalue weighted by Gasteiger charge is -2.09. The first-order valence-electron chi connectivity index (χ1n) is 4.68. The summed E-state index contributed by atoms with van der Waals surface area (Å²) in [6.45, 7) is 2.68. The van der Waals surface area contributed by atoms with Crippen molar-refractivity contribution in [3.63, 3.8) is 0 Å². The number of aryl methyl sites for hydroxylation is 1. The molecule has 1 aromatic rings. The average Bonchev–Trinajstić information content (AvgIpc) is 2.15. The van der Waals surface area contributed by atoms with Gasteiger partial charge in [-0.25, -0.2) is 0 Å². The molecule has 0 saturated carbocycles. The Labute approximate surface area is 91.5 Å². The SMILES string of the molecule is Cc1ccc(C(O)CCCN)cc1.Cl. The molecule has 0 fully saturated rings. The maximum atomic E-state index is 9.69. The Morgan fingerprint density at radius 1 is 1.29 bits per heavy atom. The van der Waals surface area contributed by atoms with Gasteiger partial charge < -0.3 is 10.8 Å². The summed E-state index contributed by atoms with van der Waals surface area (Å²) in [5.74, 6) is 0. The van der Waals surface area contributed by atoms with Gasteiger partial charge in [-0.05, 0) is 31.9 Å². The van der Waals surface area contributed by atoms with Crippen LogP contribution in [-0.4, -0.2) is 11.7 Å². The Balaban J connectivity index is 0.00000169. The van der Waals surface area contributed by atoms with Crippen LogP contribution in [0, 0.1) is 6.92 Å². The highest BCUT2D eigenvalue weighted by atomic mass is 35.5. The Morgan fingerprint density at radius 3 is 2.36 bits per heavy atom. The zero-order valence-electron chi connectivity index (χ0n) is 8.44. The monoisotopic (exact) mass is 215 g/mol. The van der Waals surface area contributed by atoms with Crippen LogP contribution < -0.4 is 5.73 Å². The van der Waals surface area contributed by atoms with Gasteiger partial charge in [0.1, 0.15) is 0 Å². The molecule has 3 heteroatoms. The molecule has 0 amide bonds. The molecule has 1 unspecified atom stereocenters. The molecule has 3 N–H and O–H groups in total. The minimum absolute atomic E-state index is 0. The Bertz CT molecular complexity index is 248. The second kappa shape index (κ2) is 6.82. The van der Waals surface area contributed by atoms with E-state index in [9.17, 15) is 5.11 Å². The van der Waals surface area contributed by atoms with Gasteiger partial charge in [0.05, 0.1) is 6.10 Å². The van der Waals surface area contributed by atoms with Crippen molar-refractivity contribution in [1.82, 2.24) is 0 Å². The molecule has 2 nitrogen and oxygen atoms in total. The predicted octanol–water partition coefficient (Wildman–Crippen LogP) is 2.19. The first kappa shape index (κ1) is 13.4. The smallest absolute Gasteiger partial charge is 0.0790 e. The van der Waals surface area contributed by atoms with Crippen LogP contribution in [0.3, 0.4) is 0 Å². The molecule has 0 spiro atoms. The molecule has 0 radical (unpaired) electrons. The second-order valence-corrected chi connectivity index (χ2v) is 3.36. The van der Waals surface area contributed by atoms with E-state index in [4.69, 9.17) is 5.73 Å². The maximum absolute atomic E-state index is 9.69. The molecule has 0 aliphatic carbocycles. The normalized spacial score (nSPS) is 11.9. The summed E-state index contributed by atoms with van der Waals surface area (Å²) >= 11 is 0. The molecular weight excluding hydrogens is 198 g/mol. The van der Waals surface area contributed by atoms with Crippen molar-refractivity contribution in [3.8, 4) is 0 Å². The van der Waals surface area contributed by atoms with E-state index in [1.807, 2.05) is 31.2 Å². The molecule has 80 valence electrons. The molecule has 1 rings (SSSR count). The fourth-order valence-electron chi connectivity index (χ4n) is 1.27. The number of hydrogen-bond acceptors (Lipinski definition) is 2. The zero-order valence-corrected chi connectivity index (χ0v) is 9.26. The molecule has 1 atom stereocenters. The molecule has 1 aromatic carbocycles. The van der Waals surface area contributed by atoms with E-state index < -0.39 is 0 Å². The summed E-state index contributed by atoms with van der Waals surface area (Å²) in [4.78, 5) is 0. The lowest BCUT2D eigenvalue weighted by Crippen LogP contribution is -2.03. The van der Waals surface area contributed by atoms with Crippen molar-refractivity contribution in [2.45, 2.75) is 25.9 Å². The van der Waals surface area contributed by atoms with Crippen molar-refractivity contribution in [3.05, 3.63) is 35.4 Å². The van der Waals surface area contributed by atoms with Crippen LogP contribution in [0.5, 0.6) is 0 Å². The third-order valence-corrected chi connectivity index (χ3v) is 2.14. The van der Waals surface area contributed by atoms with Crippen LogP contribution in [-0.2, 0) is 0 Å². The first-order valence-corrected chi connectivity index (χ1v) is 4.68. The lowest BCUT2D eigenvalue weighted by atomic mass is 10.0. The predicted molar refractivity (Wildman–Crippen MR) is 61.7 cm³/mol. The number of nitrogens with two attached hydrogens (primary N) is 1. The number of rotatable bonds is 4. The van der Waals surface area contributed by atoms with Crippen molar-refractivity contribution in [2.24, 2.45) is 5.73 Å². The molecule has 0 aromatic heterocycles. The molecule has 0 aliphatic rings. The first-order chi connectivity index (χ1) is 6.24. The molecule has 0 aliphatic heterocycles. The number of aliphatic hydroxyl groups excluding tert-OH is 1. The fourth-order valence-corrected chi connectivity index (χ4v) is 1.27. The van der Waals surface area contributed by atoms with E-state index in [1.165, 1.54) is 5.56 Å². The van der Waals surface area contributed by atoms with Crippen LogP contribution in [0.4, 0.5) is 0 Å². The van der Waals surface area contributed by atoms with Gasteiger partial charge in [-0.15, -0.1) is 12.4 Å².